The van der Waals surface area contributed by atoms with E-state index in [1.165, 1.54) is 6.42 Å². The predicted molar refractivity (Wildman–Crippen MR) is 63.5 cm³/mol. The van der Waals surface area contributed by atoms with Crippen LogP contribution in [0.25, 0.3) is 0 Å². The Balaban J connectivity index is 3.71. The summed E-state index contributed by atoms with van der Waals surface area (Å²) < 4.78 is 22.3. The molecule has 0 aliphatic carbocycles. The average Bonchev–Trinajstić information content (AvgIpc) is 2.18. The molecule has 0 aromatic carbocycles. The molecule has 0 fully saturated rings. The lowest BCUT2D eigenvalue weighted by Crippen LogP contribution is -2.20. The molecule has 0 rings (SSSR count). The lowest BCUT2D eigenvalue weighted by atomic mass is 10.3. The van der Waals surface area contributed by atoms with Crippen LogP contribution in [0.4, 0.5) is 0 Å². The number of nitrogens with one attached hydrogen (secondary N) is 1. The van der Waals surface area contributed by atoms with Gasteiger partial charge in [-0.05, 0) is 26.8 Å². The van der Waals surface area contributed by atoms with Gasteiger partial charge in [0, 0.05) is 6.54 Å². The maximum atomic E-state index is 12.0. The second-order valence-corrected chi connectivity index (χ2v) is 5.46. The summed E-state index contributed by atoms with van der Waals surface area (Å²) in [5, 5.41) is 3.23. The van der Waals surface area contributed by atoms with Crippen LogP contribution < -0.4 is 5.32 Å². The molecule has 0 radical (unpaired) electrons. The van der Waals surface area contributed by atoms with Gasteiger partial charge in [-0.15, -0.1) is 0 Å². The molecule has 0 aromatic heterocycles. The molecular weight excluding hydrogens is 213 g/mol. The topological polar surface area (TPSA) is 47.6 Å². The number of hydrogen-bond donors (Lipinski definition) is 1. The fourth-order valence-electron chi connectivity index (χ4n) is 1.20. The highest BCUT2D eigenvalue weighted by atomic mass is 31.2. The Morgan fingerprint density at radius 3 is 2.13 bits per heavy atom. The average molecular weight is 237 g/mol. The van der Waals surface area contributed by atoms with Crippen LogP contribution in [0.15, 0.2) is 0 Å². The zero-order valence-corrected chi connectivity index (χ0v) is 11.0. The lowest BCUT2D eigenvalue weighted by molar-refractivity contribution is 0.220. The molecule has 0 heterocycles. The quantitative estimate of drug-likeness (QED) is 0.468. The second kappa shape index (κ2) is 9.34. The van der Waals surface area contributed by atoms with Gasteiger partial charge in [-0.2, -0.15) is 0 Å². The monoisotopic (exact) mass is 237 g/mol. The summed E-state index contributed by atoms with van der Waals surface area (Å²) in [5.74, 6) is 0. The third-order valence-electron chi connectivity index (χ3n) is 1.92. The molecule has 0 bridgehead atoms. The molecular formula is C10H24NO3P. The minimum atomic E-state index is -2.83. The molecule has 0 aliphatic rings. The first-order valence-corrected chi connectivity index (χ1v) is 7.50. The van der Waals surface area contributed by atoms with Crippen molar-refractivity contribution in [2.45, 2.75) is 33.6 Å². The number of rotatable bonds is 10. The molecule has 0 atom stereocenters. The fourth-order valence-corrected chi connectivity index (χ4v) is 2.75. The first kappa shape index (κ1) is 15.1. The standard InChI is InChI=1S/C10H24NO3P/c1-4-7-8-11-9-10-15(12,13-5-2)14-6-3/h11H,4-10H2,1-3H3. The van der Waals surface area contributed by atoms with Crippen molar-refractivity contribution in [3.63, 3.8) is 0 Å². The maximum absolute atomic E-state index is 12.0. The number of unbranched alkanes of at least 4 members (excludes halogenated alkanes) is 1. The molecule has 0 amide bonds. The van der Waals surface area contributed by atoms with E-state index >= 15 is 0 Å². The smallest absolute Gasteiger partial charge is 0.316 e. The van der Waals surface area contributed by atoms with Crippen LogP contribution in [0.3, 0.4) is 0 Å². The van der Waals surface area contributed by atoms with E-state index in [4.69, 9.17) is 9.05 Å². The maximum Gasteiger partial charge on any atom is 0.331 e. The molecule has 0 spiro atoms. The molecule has 92 valence electrons. The first-order chi connectivity index (χ1) is 7.18. The van der Waals surface area contributed by atoms with Crippen LogP contribution in [0.1, 0.15) is 33.6 Å². The summed E-state index contributed by atoms with van der Waals surface area (Å²) in [6.07, 6.45) is 2.77. The number of hydrogen-bond acceptors (Lipinski definition) is 4. The molecule has 5 heteroatoms. The van der Waals surface area contributed by atoms with Crippen molar-refractivity contribution in [3.05, 3.63) is 0 Å². The summed E-state index contributed by atoms with van der Waals surface area (Å²) in [5.41, 5.74) is 0. The van der Waals surface area contributed by atoms with E-state index in [-0.39, 0.29) is 0 Å². The van der Waals surface area contributed by atoms with Crippen molar-refractivity contribution >= 4 is 7.60 Å². The van der Waals surface area contributed by atoms with Crippen molar-refractivity contribution in [1.29, 1.82) is 0 Å². The third kappa shape index (κ3) is 7.97. The van der Waals surface area contributed by atoms with Gasteiger partial charge in [-0.25, -0.2) is 0 Å². The second-order valence-electron chi connectivity index (χ2n) is 3.27. The molecule has 0 aliphatic heterocycles. The Morgan fingerprint density at radius 1 is 1.07 bits per heavy atom. The van der Waals surface area contributed by atoms with Gasteiger partial charge in [0.25, 0.3) is 0 Å². The molecule has 0 saturated heterocycles. The molecule has 1 N–H and O–H groups in total. The minimum Gasteiger partial charge on any atom is -0.316 e. The van der Waals surface area contributed by atoms with Crippen molar-refractivity contribution in [1.82, 2.24) is 5.32 Å². The van der Waals surface area contributed by atoms with Gasteiger partial charge in [0.2, 0.25) is 0 Å². The van der Waals surface area contributed by atoms with E-state index in [2.05, 4.69) is 12.2 Å². The van der Waals surface area contributed by atoms with Gasteiger partial charge in [-0.3, -0.25) is 4.57 Å². The van der Waals surface area contributed by atoms with Crippen LogP contribution in [0, 0.1) is 0 Å². The van der Waals surface area contributed by atoms with Crippen LogP contribution >= 0.6 is 7.60 Å². The highest BCUT2D eigenvalue weighted by molar-refractivity contribution is 7.53. The molecule has 0 unspecified atom stereocenters. The van der Waals surface area contributed by atoms with E-state index in [1.54, 1.807) is 0 Å². The molecule has 15 heavy (non-hydrogen) atoms. The van der Waals surface area contributed by atoms with E-state index in [0.29, 0.717) is 25.9 Å². The van der Waals surface area contributed by atoms with Gasteiger partial charge in [-0.1, -0.05) is 13.3 Å². The van der Waals surface area contributed by atoms with Crippen molar-refractivity contribution in [3.8, 4) is 0 Å². The summed E-state index contributed by atoms with van der Waals surface area (Å²) in [6, 6.07) is 0. The highest BCUT2D eigenvalue weighted by Crippen LogP contribution is 2.47. The summed E-state index contributed by atoms with van der Waals surface area (Å²) in [6.45, 7) is 8.34. The summed E-state index contributed by atoms with van der Waals surface area (Å²) in [7, 11) is -2.83. The van der Waals surface area contributed by atoms with Gasteiger partial charge in [0.05, 0.1) is 19.4 Å². The largest absolute Gasteiger partial charge is 0.331 e. The van der Waals surface area contributed by atoms with E-state index in [1.807, 2.05) is 13.8 Å². The van der Waals surface area contributed by atoms with Gasteiger partial charge in [0.15, 0.2) is 0 Å². The lowest BCUT2D eigenvalue weighted by Gasteiger charge is -2.16. The zero-order valence-electron chi connectivity index (χ0n) is 10.1. The van der Waals surface area contributed by atoms with Crippen molar-refractivity contribution in [2.75, 3.05) is 32.5 Å². The van der Waals surface area contributed by atoms with E-state index in [0.717, 1.165) is 13.0 Å². The summed E-state index contributed by atoms with van der Waals surface area (Å²) >= 11 is 0. The normalized spacial score (nSPS) is 11.9. The molecule has 0 saturated carbocycles. The molecule has 4 nitrogen and oxygen atoms in total. The zero-order chi connectivity index (χ0) is 11.6. The van der Waals surface area contributed by atoms with Crippen molar-refractivity contribution < 1.29 is 13.6 Å². The minimum absolute atomic E-state index is 0.437. The Bertz CT molecular complexity index is 178. The van der Waals surface area contributed by atoms with E-state index < -0.39 is 7.60 Å². The van der Waals surface area contributed by atoms with Crippen LogP contribution in [-0.2, 0) is 13.6 Å². The Morgan fingerprint density at radius 2 is 1.67 bits per heavy atom. The Labute approximate surface area is 93.3 Å². The van der Waals surface area contributed by atoms with Crippen LogP contribution in [-0.4, -0.2) is 32.5 Å². The Kier molecular flexibility index (Phi) is 9.41. The fraction of sp³-hybridized carbons (Fsp3) is 1.00. The van der Waals surface area contributed by atoms with Gasteiger partial charge >= 0.3 is 7.60 Å². The SMILES string of the molecule is CCCCNCCP(=O)(OCC)OCC. The van der Waals surface area contributed by atoms with Crippen molar-refractivity contribution in [2.24, 2.45) is 0 Å². The third-order valence-corrected chi connectivity index (χ3v) is 4.00. The molecule has 0 aromatic rings. The summed E-state index contributed by atoms with van der Waals surface area (Å²) in [4.78, 5) is 0. The highest BCUT2D eigenvalue weighted by Gasteiger charge is 2.22. The van der Waals surface area contributed by atoms with Crippen LogP contribution in [0.2, 0.25) is 0 Å². The Hall–Kier alpha value is 0.110. The van der Waals surface area contributed by atoms with E-state index in [9.17, 15) is 4.57 Å². The van der Waals surface area contributed by atoms with Crippen LogP contribution in [0.5, 0.6) is 0 Å². The first-order valence-electron chi connectivity index (χ1n) is 5.77. The predicted octanol–water partition coefficient (Wildman–Crippen LogP) is 2.64. The van der Waals surface area contributed by atoms with Gasteiger partial charge < -0.3 is 14.4 Å². The van der Waals surface area contributed by atoms with Gasteiger partial charge in [0.1, 0.15) is 0 Å².